The molecule has 0 saturated carbocycles. The van der Waals surface area contributed by atoms with Gasteiger partial charge >= 0.3 is 0 Å². The molecular formula is C21H21BrN4O2. The van der Waals surface area contributed by atoms with Gasteiger partial charge in [-0.15, -0.1) is 0 Å². The molecule has 1 heterocycles. The van der Waals surface area contributed by atoms with Crippen LogP contribution in [-0.2, 0) is 16.0 Å². The van der Waals surface area contributed by atoms with E-state index in [1.54, 1.807) is 54.3 Å². The van der Waals surface area contributed by atoms with Gasteiger partial charge in [0.1, 0.15) is 6.04 Å². The topological polar surface area (TPSA) is 76.0 Å². The lowest BCUT2D eigenvalue weighted by Gasteiger charge is -2.13. The number of benzene rings is 2. The Balaban J connectivity index is 1.56. The fraction of sp³-hybridized carbons (Fsp3) is 0.190. The summed E-state index contributed by atoms with van der Waals surface area (Å²) in [6.45, 7) is 1.77. The molecule has 0 radical (unpaired) electrons. The number of anilines is 2. The number of carbonyl (C=O) groups is 2. The van der Waals surface area contributed by atoms with Crippen LogP contribution >= 0.6 is 15.9 Å². The van der Waals surface area contributed by atoms with Crippen LogP contribution in [-0.4, -0.2) is 21.6 Å². The Bertz CT molecular complexity index is 957. The maximum Gasteiger partial charge on any atom is 0.248 e. The minimum Gasteiger partial charge on any atom is -0.326 e. The number of hydrogen-bond donors (Lipinski definition) is 2. The van der Waals surface area contributed by atoms with Gasteiger partial charge in [-0.25, -0.2) is 0 Å². The minimum atomic E-state index is -0.433. The second-order valence-corrected chi connectivity index (χ2v) is 7.23. The number of aryl methyl sites for hydroxylation is 1. The molecule has 3 aromatic rings. The highest BCUT2D eigenvalue weighted by Crippen LogP contribution is 2.19. The van der Waals surface area contributed by atoms with Crippen LogP contribution in [0.25, 0.3) is 0 Å². The number of amides is 2. The molecular weight excluding hydrogens is 420 g/mol. The van der Waals surface area contributed by atoms with Crippen LogP contribution in [0.4, 0.5) is 11.4 Å². The summed E-state index contributed by atoms with van der Waals surface area (Å²) in [4.78, 5) is 24.6. The molecule has 6 nitrogen and oxygen atoms in total. The summed E-state index contributed by atoms with van der Waals surface area (Å²) < 4.78 is 2.58. The summed E-state index contributed by atoms with van der Waals surface area (Å²) in [6, 6.07) is 16.3. The van der Waals surface area contributed by atoms with E-state index < -0.39 is 6.04 Å². The summed E-state index contributed by atoms with van der Waals surface area (Å²) in [6.07, 6.45) is 4.39. The first-order chi connectivity index (χ1) is 13.5. The van der Waals surface area contributed by atoms with E-state index in [1.807, 2.05) is 24.3 Å². The number of rotatable bonds is 7. The molecule has 28 heavy (non-hydrogen) atoms. The number of nitrogens with one attached hydrogen (secondary N) is 2. The SMILES string of the molecule is CC(C(=O)Nc1cccc(NC(=O)CCc2ccccc2Br)c1)n1cccn1. The van der Waals surface area contributed by atoms with E-state index >= 15 is 0 Å². The molecule has 144 valence electrons. The molecule has 7 heteroatoms. The van der Waals surface area contributed by atoms with Gasteiger partial charge in [0.25, 0.3) is 0 Å². The van der Waals surface area contributed by atoms with Crippen LogP contribution in [0.1, 0.15) is 24.9 Å². The maximum absolute atomic E-state index is 12.4. The number of hydrogen-bond acceptors (Lipinski definition) is 3. The van der Waals surface area contributed by atoms with Crippen LogP contribution < -0.4 is 10.6 Å². The van der Waals surface area contributed by atoms with Gasteiger partial charge in [-0.2, -0.15) is 5.10 Å². The Hall–Kier alpha value is -2.93. The molecule has 0 fully saturated rings. The lowest BCUT2D eigenvalue weighted by molar-refractivity contribution is -0.119. The molecule has 2 N–H and O–H groups in total. The third-order valence-corrected chi connectivity index (χ3v) is 5.07. The highest BCUT2D eigenvalue weighted by molar-refractivity contribution is 9.10. The molecule has 1 unspecified atom stereocenters. The van der Waals surface area contributed by atoms with Crippen molar-refractivity contribution < 1.29 is 9.59 Å². The summed E-state index contributed by atoms with van der Waals surface area (Å²) in [5, 5.41) is 9.81. The largest absolute Gasteiger partial charge is 0.326 e. The highest BCUT2D eigenvalue weighted by Gasteiger charge is 2.15. The molecule has 0 aliphatic rings. The van der Waals surface area contributed by atoms with Crippen molar-refractivity contribution in [2.24, 2.45) is 0 Å². The standard InChI is InChI=1S/C21H21BrN4O2/c1-15(26-13-5-12-23-26)21(28)25-18-8-4-7-17(14-18)24-20(27)11-10-16-6-2-3-9-19(16)22/h2-9,12-15H,10-11H2,1H3,(H,24,27)(H,25,28). The van der Waals surface area contributed by atoms with Gasteiger partial charge in [-0.05, 0) is 49.2 Å². The van der Waals surface area contributed by atoms with Crippen LogP contribution in [0.3, 0.4) is 0 Å². The van der Waals surface area contributed by atoms with E-state index in [4.69, 9.17) is 0 Å². The van der Waals surface area contributed by atoms with E-state index in [-0.39, 0.29) is 11.8 Å². The molecule has 0 saturated heterocycles. The van der Waals surface area contributed by atoms with Gasteiger partial charge in [0, 0.05) is 34.7 Å². The zero-order valence-corrected chi connectivity index (χ0v) is 17.0. The van der Waals surface area contributed by atoms with Gasteiger partial charge in [0.05, 0.1) is 0 Å². The zero-order valence-electron chi connectivity index (χ0n) is 15.4. The quantitative estimate of drug-likeness (QED) is 0.570. The molecule has 0 aliphatic heterocycles. The first-order valence-corrected chi connectivity index (χ1v) is 9.75. The monoisotopic (exact) mass is 440 g/mol. The number of nitrogens with zero attached hydrogens (tertiary/aromatic N) is 2. The maximum atomic E-state index is 12.4. The first-order valence-electron chi connectivity index (χ1n) is 8.96. The zero-order chi connectivity index (χ0) is 19.9. The summed E-state index contributed by atoms with van der Waals surface area (Å²) in [5.41, 5.74) is 2.35. The van der Waals surface area contributed by atoms with Crippen molar-refractivity contribution in [1.29, 1.82) is 0 Å². The van der Waals surface area contributed by atoms with Crippen LogP contribution in [0.15, 0.2) is 71.5 Å². The highest BCUT2D eigenvalue weighted by atomic mass is 79.9. The van der Waals surface area contributed by atoms with E-state index in [2.05, 4.69) is 31.7 Å². The van der Waals surface area contributed by atoms with Crippen molar-refractivity contribution in [2.45, 2.75) is 25.8 Å². The van der Waals surface area contributed by atoms with Crippen LogP contribution in [0, 0.1) is 0 Å². The second kappa shape index (κ2) is 9.32. The average molecular weight is 441 g/mol. The number of halogens is 1. The summed E-state index contributed by atoms with van der Waals surface area (Å²) in [7, 11) is 0. The number of carbonyl (C=O) groups excluding carboxylic acids is 2. The predicted octanol–water partition coefficient (Wildman–Crippen LogP) is 4.42. The van der Waals surface area contributed by atoms with Crippen molar-refractivity contribution in [3.8, 4) is 0 Å². The average Bonchev–Trinajstić information content (AvgIpc) is 3.22. The molecule has 1 aromatic heterocycles. The van der Waals surface area contributed by atoms with Gasteiger partial charge in [0.15, 0.2) is 0 Å². The third-order valence-electron chi connectivity index (χ3n) is 4.29. The van der Waals surface area contributed by atoms with Crippen LogP contribution in [0.5, 0.6) is 0 Å². The minimum absolute atomic E-state index is 0.0795. The molecule has 0 spiro atoms. The molecule has 0 aliphatic carbocycles. The Morgan fingerprint density at radius 2 is 1.82 bits per heavy atom. The molecule has 2 aromatic carbocycles. The Morgan fingerprint density at radius 1 is 1.07 bits per heavy atom. The lowest BCUT2D eigenvalue weighted by atomic mass is 10.1. The van der Waals surface area contributed by atoms with Crippen molar-refractivity contribution in [2.75, 3.05) is 10.6 Å². The van der Waals surface area contributed by atoms with Gasteiger partial charge in [-0.3, -0.25) is 14.3 Å². The second-order valence-electron chi connectivity index (χ2n) is 6.37. The fourth-order valence-corrected chi connectivity index (χ4v) is 3.21. The van der Waals surface area contributed by atoms with Crippen molar-refractivity contribution >= 4 is 39.1 Å². The van der Waals surface area contributed by atoms with Crippen molar-refractivity contribution in [3.63, 3.8) is 0 Å². The van der Waals surface area contributed by atoms with E-state index in [0.29, 0.717) is 24.2 Å². The van der Waals surface area contributed by atoms with E-state index in [9.17, 15) is 9.59 Å². The van der Waals surface area contributed by atoms with Crippen molar-refractivity contribution in [3.05, 3.63) is 77.0 Å². The van der Waals surface area contributed by atoms with E-state index in [0.717, 1.165) is 10.0 Å². The third kappa shape index (κ3) is 5.29. The predicted molar refractivity (Wildman–Crippen MR) is 113 cm³/mol. The van der Waals surface area contributed by atoms with Gasteiger partial charge in [-0.1, -0.05) is 40.2 Å². The lowest BCUT2D eigenvalue weighted by Crippen LogP contribution is -2.24. The number of aromatic nitrogens is 2. The smallest absolute Gasteiger partial charge is 0.248 e. The van der Waals surface area contributed by atoms with E-state index in [1.165, 1.54) is 0 Å². The molecule has 2 amide bonds. The Kier molecular flexibility index (Phi) is 6.60. The van der Waals surface area contributed by atoms with Crippen molar-refractivity contribution in [1.82, 2.24) is 9.78 Å². The summed E-state index contributed by atoms with van der Waals surface area (Å²) >= 11 is 3.49. The summed E-state index contributed by atoms with van der Waals surface area (Å²) in [5.74, 6) is -0.259. The van der Waals surface area contributed by atoms with Gasteiger partial charge < -0.3 is 10.6 Å². The fourth-order valence-electron chi connectivity index (χ4n) is 2.72. The first kappa shape index (κ1) is 19.8. The van der Waals surface area contributed by atoms with Gasteiger partial charge in [0.2, 0.25) is 11.8 Å². The molecule has 0 bridgehead atoms. The molecule has 1 atom stereocenters. The Morgan fingerprint density at radius 3 is 2.54 bits per heavy atom. The Labute approximate surface area is 172 Å². The molecule has 3 rings (SSSR count). The normalized spacial score (nSPS) is 11.6. The van der Waals surface area contributed by atoms with Crippen LogP contribution in [0.2, 0.25) is 0 Å².